The molecule has 0 bridgehead atoms. The quantitative estimate of drug-likeness (QED) is 0.602. The maximum absolute atomic E-state index is 3.51. The van der Waals surface area contributed by atoms with Gasteiger partial charge in [0.05, 0.1) is 0 Å². The third-order valence-electron chi connectivity index (χ3n) is 2.04. The molecule has 1 heterocycles. The molecule has 1 fully saturated rings. The monoisotopic (exact) mass is 191 g/mol. The van der Waals surface area contributed by atoms with Gasteiger partial charge in [0.2, 0.25) is 0 Å². The number of halogens is 1. The zero-order valence-electron chi connectivity index (χ0n) is 5.94. The molecule has 0 aromatic rings. The second-order valence-electron chi connectivity index (χ2n) is 2.70. The molecule has 0 aliphatic carbocycles. The predicted octanol–water partition coefficient (Wildman–Crippen LogP) is 1.72. The minimum atomic E-state index is 0.921. The summed E-state index contributed by atoms with van der Waals surface area (Å²) in [7, 11) is 0. The van der Waals surface area contributed by atoms with Crippen molar-refractivity contribution in [1.29, 1.82) is 0 Å². The van der Waals surface area contributed by atoms with Gasteiger partial charge in [-0.25, -0.2) is 0 Å². The molecule has 1 atom stereocenters. The first kappa shape index (κ1) is 7.55. The van der Waals surface area contributed by atoms with Crippen LogP contribution in [-0.4, -0.2) is 29.9 Å². The smallest absolute Gasteiger partial charge is 0.00723 e. The second kappa shape index (κ2) is 3.57. The van der Waals surface area contributed by atoms with Crippen LogP contribution in [0.1, 0.15) is 13.3 Å². The van der Waals surface area contributed by atoms with Gasteiger partial charge < -0.3 is 4.90 Å². The van der Waals surface area contributed by atoms with Gasteiger partial charge in [-0.1, -0.05) is 22.9 Å². The first-order valence-corrected chi connectivity index (χ1v) is 4.77. The molecule has 0 N–H and O–H groups in total. The molecule has 0 aromatic carbocycles. The molecule has 0 spiro atoms. The van der Waals surface area contributed by atoms with Crippen LogP contribution in [0, 0.1) is 5.92 Å². The lowest BCUT2D eigenvalue weighted by Crippen LogP contribution is -2.19. The van der Waals surface area contributed by atoms with Gasteiger partial charge in [0.1, 0.15) is 0 Å². The summed E-state index contributed by atoms with van der Waals surface area (Å²) in [6, 6.07) is 0. The van der Waals surface area contributed by atoms with Crippen LogP contribution < -0.4 is 0 Å². The molecule has 54 valence electrons. The highest BCUT2D eigenvalue weighted by atomic mass is 79.9. The van der Waals surface area contributed by atoms with E-state index in [1.807, 2.05) is 0 Å². The Bertz CT molecular complexity index is 75.0. The summed E-state index contributed by atoms with van der Waals surface area (Å²) in [5.41, 5.74) is 0. The zero-order valence-corrected chi connectivity index (χ0v) is 7.52. The second-order valence-corrected chi connectivity index (χ2v) is 3.35. The van der Waals surface area contributed by atoms with Crippen molar-refractivity contribution in [1.82, 2.24) is 4.90 Å². The number of alkyl halides is 1. The lowest BCUT2D eigenvalue weighted by atomic mass is 10.2. The van der Waals surface area contributed by atoms with Crippen molar-refractivity contribution in [3.8, 4) is 0 Å². The number of rotatable bonds is 2. The normalized spacial score (nSPS) is 29.3. The van der Waals surface area contributed by atoms with E-state index in [-0.39, 0.29) is 0 Å². The van der Waals surface area contributed by atoms with Crippen LogP contribution in [0.25, 0.3) is 0 Å². The fourth-order valence-corrected chi connectivity index (χ4v) is 1.85. The Hall–Kier alpha value is 0.440. The van der Waals surface area contributed by atoms with Crippen LogP contribution in [0.2, 0.25) is 0 Å². The van der Waals surface area contributed by atoms with E-state index < -0.39 is 0 Å². The number of hydrogen-bond donors (Lipinski definition) is 0. The lowest BCUT2D eigenvalue weighted by molar-refractivity contribution is 0.347. The molecular formula is C7H14BrN. The molecule has 1 saturated heterocycles. The predicted molar refractivity (Wildman–Crippen MR) is 44.0 cm³/mol. The summed E-state index contributed by atoms with van der Waals surface area (Å²) in [6.45, 7) is 6.08. The van der Waals surface area contributed by atoms with E-state index >= 15 is 0 Å². The minimum absolute atomic E-state index is 0.921. The van der Waals surface area contributed by atoms with Crippen molar-refractivity contribution in [3.63, 3.8) is 0 Å². The van der Waals surface area contributed by atoms with Gasteiger partial charge in [-0.2, -0.15) is 0 Å². The number of hydrogen-bond acceptors (Lipinski definition) is 1. The van der Waals surface area contributed by atoms with Crippen LogP contribution >= 0.6 is 15.9 Å². The number of nitrogens with zero attached hydrogens (tertiary/aromatic N) is 1. The van der Waals surface area contributed by atoms with Crippen LogP contribution in [-0.2, 0) is 0 Å². The molecule has 1 rings (SSSR count). The average molecular weight is 192 g/mol. The standard InChI is InChI=1S/C7H14BrN/c1-2-9-4-3-7(5-8)6-9/h7H,2-6H2,1H3. The Kier molecular flexibility index (Phi) is 2.99. The van der Waals surface area contributed by atoms with Gasteiger partial charge in [-0.3, -0.25) is 0 Å². The Labute approximate surface area is 65.6 Å². The molecule has 0 saturated carbocycles. The van der Waals surface area contributed by atoms with Crippen molar-refractivity contribution in [2.45, 2.75) is 13.3 Å². The van der Waals surface area contributed by atoms with Crippen LogP contribution in [0.5, 0.6) is 0 Å². The first-order valence-electron chi connectivity index (χ1n) is 3.65. The highest BCUT2D eigenvalue weighted by Gasteiger charge is 2.19. The maximum Gasteiger partial charge on any atom is 0.00723 e. The van der Waals surface area contributed by atoms with E-state index in [2.05, 4.69) is 27.8 Å². The molecule has 1 unspecified atom stereocenters. The highest BCUT2D eigenvalue weighted by Crippen LogP contribution is 2.16. The SMILES string of the molecule is CCN1CCC(CBr)C1. The largest absolute Gasteiger partial charge is 0.303 e. The average Bonchev–Trinajstić information content (AvgIpc) is 2.34. The minimum Gasteiger partial charge on any atom is -0.303 e. The molecule has 0 radical (unpaired) electrons. The van der Waals surface area contributed by atoms with Gasteiger partial charge in [-0.05, 0) is 25.4 Å². The van der Waals surface area contributed by atoms with Gasteiger partial charge in [-0.15, -0.1) is 0 Å². The fraction of sp³-hybridized carbons (Fsp3) is 1.00. The molecule has 1 nitrogen and oxygen atoms in total. The van der Waals surface area contributed by atoms with Crippen molar-refractivity contribution in [3.05, 3.63) is 0 Å². The molecule has 0 amide bonds. The summed E-state index contributed by atoms with van der Waals surface area (Å²) in [5.74, 6) is 0.921. The topological polar surface area (TPSA) is 3.24 Å². The lowest BCUT2D eigenvalue weighted by Gasteiger charge is -2.10. The molecular weight excluding hydrogens is 178 g/mol. The molecule has 0 aromatic heterocycles. The molecule has 1 aliphatic heterocycles. The zero-order chi connectivity index (χ0) is 6.69. The Morgan fingerprint density at radius 1 is 1.67 bits per heavy atom. The summed E-state index contributed by atoms with van der Waals surface area (Å²) in [4.78, 5) is 2.51. The van der Waals surface area contributed by atoms with E-state index in [1.54, 1.807) is 0 Å². The van der Waals surface area contributed by atoms with Crippen molar-refractivity contribution in [2.24, 2.45) is 5.92 Å². The highest BCUT2D eigenvalue weighted by molar-refractivity contribution is 9.09. The maximum atomic E-state index is 3.51. The van der Waals surface area contributed by atoms with Gasteiger partial charge in [0.15, 0.2) is 0 Å². The molecule has 9 heavy (non-hydrogen) atoms. The molecule has 1 aliphatic rings. The van der Waals surface area contributed by atoms with Crippen LogP contribution in [0.3, 0.4) is 0 Å². The third kappa shape index (κ3) is 1.94. The van der Waals surface area contributed by atoms with Crippen LogP contribution in [0.4, 0.5) is 0 Å². The number of likely N-dealkylation sites (tertiary alicyclic amines) is 1. The summed E-state index contributed by atoms with van der Waals surface area (Å²) in [6.07, 6.45) is 1.39. The van der Waals surface area contributed by atoms with Gasteiger partial charge in [0.25, 0.3) is 0 Å². The van der Waals surface area contributed by atoms with E-state index in [0.717, 1.165) is 5.92 Å². The van der Waals surface area contributed by atoms with E-state index in [0.29, 0.717) is 0 Å². The van der Waals surface area contributed by atoms with Crippen LogP contribution in [0.15, 0.2) is 0 Å². The Morgan fingerprint density at radius 3 is 2.78 bits per heavy atom. The Morgan fingerprint density at radius 2 is 2.44 bits per heavy atom. The van der Waals surface area contributed by atoms with Gasteiger partial charge in [0, 0.05) is 11.9 Å². The van der Waals surface area contributed by atoms with Crippen molar-refractivity contribution < 1.29 is 0 Å². The van der Waals surface area contributed by atoms with E-state index in [4.69, 9.17) is 0 Å². The van der Waals surface area contributed by atoms with Crippen molar-refractivity contribution in [2.75, 3.05) is 25.0 Å². The summed E-state index contributed by atoms with van der Waals surface area (Å²) >= 11 is 3.51. The van der Waals surface area contributed by atoms with Crippen molar-refractivity contribution >= 4 is 15.9 Å². The fourth-order valence-electron chi connectivity index (χ4n) is 1.33. The van der Waals surface area contributed by atoms with Gasteiger partial charge >= 0.3 is 0 Å². The van der Waals surface area contributed by atoms with E-state index in [9.17, 15) is 0 Å². The molecule has 2 heteroatoms. The third-order valence-corrected chi connectivity index (χ3v) is 2.95. The summed E-state index contributed by atoms with van der Waals surface area (Å²) < 4.78 is 0. The first-order chi connectivity index (χ1) is 4.36. The van der Waals surface area contributed by atoms with E-state index in [1.165, 1.54) is 31.4 Å². The summed E-state index contributed by atoms with van der Waals surface area (Å²) in [5, 5.41) is 1.18. The Balaban J connectivity index is 2.20.